The number of ketones is 1. The largest absolute Gasteiger partial charge is 0.454 e. The summed E-state index contributed by atoms with van der Waals surface area (Å²) < 4.78 is 10.9. The van der Waals surface area contributed by atoms with Gasteiger partial charge in [0.05, 0.1) is 11.5 Å². The van der Waals surface area contributed by atoms with Crippen LogP contribution in [-0.4, -0.2) is 47.7 Å². The van der Waals surface area contributed by atoms with Crippen molar-refractivity contribution in [1.82, 2.24) is 4.90 Å². The molecule has 2 aliphatic heterocycles. The third-order valence-corrected chi connectivity index (χ3v) is 7.77. The van der Waals surface area contributed by atoms with Gasteiger partial charge in [0.25, 0.3) is 5.91 Å². The van der Waals surface area contributed by atoms with Crippen molar-refractivity contribution >= 4 is 11.7 Å². The number of hydrogen-bond donors (Lipinski definition) is 1. The Hall–Kier alpha value is -3.64. The van der Waals surface area contributed by atoms with E-state index in [0.717, 1.165) is 46.4 Å². The average Bonchev–Trinajstić information content (AvgIpc) is 3.37. The van der Waals surface area contributed by atoms with Crippen molar-refractivity contribution in [2.45, 2.75) is 44.1 Å². The number of hydrogen-bond acceptors (Lipinski definition) is 5. The van der Waals surface area contributed by atoms with Gasteiger partial charge in [0, 0.05) is 26.5 Å². The summed E-state index contributed by atoms with van der Waals surface area (Å²) in [5.41, 5.74) is 5.37. The zero-order valence-corrected chi connectivity index (χ0v) is 20.3. The Morgan fingerprint density at radius 3 is 2.53 bits per heavy atom. The second kappa shape index (κ2) is 8.79. The molecule has 1 amide bonds. The van der Waals surface area contributed by atoms with Crippen molar-refractivity contribution < 1.29 is 25.6 Å². The number of carbonyl (C=O) groups excluding carboxylic acids is 2. The molecule has 0 bridgehead atoms. The zero-order valence-electron chi connectivity index (χ0n) is 20.3. The molecule has 0 radical (unpaired) electrons. The van der Waals surface area contributed by atoms with Gasteiger partial charge < -0.3 is 19.5 Å². The van der Waals surface area contributed by atoms with Crippen LogP contribution in [0.25, 0.3) is 11.1 Å². The predicted octanol–water partition coefficient (Wildman–Crippen LogP) is 4.69. The Morgan fingerprint density at radius 2 is 1.81 bits per heavy atom. The van der Waals surface area contributed by atoms with E-state index in [9.17, 15) is 14.7 Å². The van der Waals surface area contributed by atoms with E-state index in [4.69, 9.17) is 9.47 Å². The van der Waals surface area contributed by atoms with Gasteiger partial charge in [-0.2, -0.15) is 0 Å². The number of carbonyl (C=O) groups is 2. The molecule has 1 aliphatic carbocycles. The van der Waals surface area contributed by atoms with E-state index in [1.807, 2.05) is 48.5 Å². The van der Waals surface area contributed by atoms with E-state index in [-0.39, 0.29) is 19.9 Å². The SMILES string of the molecule is Cc1ccc(CC(=O)C2(c3ccc4c(c3)OCO4)CC2)cc1-c1ccc(C(=O)N2CC[C@@H](O)C2)cc1.[HH]. The summed E-state index contributed by atoms with van der Waals surface area (Å²) in [5, 5.41) is 9.73. The average molecular weight is 486 g/mol. The number of amides is 1. The highest BCUT2D eigenvalue weighted by molar-refractivity contribution is 5.96. The van der Waals surface area contributed by atoms with E-state index in [1.54, 1.807) is 4.90 Å². The third kappa shape index (κ3) is 4.05. The number of rotatable bonds is 6. The van der Waals surface area contributed by atoms with E-state index < -0.39 is 11.5 Å². The fourth-order valence-corrected chi connectivity index (χ4v) is 5.39. The molecule has 3 aromatic carbocycles. The molecule has 0 spiro atoms. The fraction of sp³-hybridized carbons (Fsp3) is 0.333. The van der Waals surface area contributed by atoms with Gasteiger partial charge >= 0.3 is 0 Å². The van der Waals surface area contributed by atoms with Crippen molar-refractivity contribution in [2.24, 2.45) is 0 Å². The van der Waals surface area contributed by atoms with Gasteiger partial charge in [-0.15, -0.1) is 0 Å². The molecule has 3 aliphatic rings. The van der Waals surface area contributed by atoms with Crippen LogP contribution in [0.2, 0.25) is 0 Å². The molecule has 36 heavy (non-hydrogen) atoms. The highest BCUT2D eigenvalue weighted by Crippen LogP contribution is 2.51. The lowest BCUT2D eigenvalue weighted by atomic mass is 9.87. The summed E-state index contributed by atoms with van der Waals surface area (Å²) in [6.07, 6.45) is 2.28. The molecule has 186 valence electrons. The molecule has 1 atom stereocenters. The Kier molecular flexibility index (Phi) is 5.56. The number of aliphatic hydroxyl groups is 1. The molecular weight excluding hydrogens is 454 g/mol. The predicted molar refractivity (Wildman–Crippen MR) is 137 cm³/mol. The number of aliphatic hydroxyl groups excluding tert-OH is 1. The van der Waals surface area contributed by atoms with Gasteiger partial charge in [0.1, 0.15) is 5.78 Å². The first-order valence-electron chi connectivity index (χ1n) is 12.5. The van der Waals surface area contributed by atoms with Gasteiger partial charge in [-0.25, -0.2) is 0 Å². The quantitative estimate of drug-likeness (QED) is 0.548. The highest BCUT2D eigenvalue weighted by Gasteiger charge is 2.50. The van der Waals surface area contributed by atoms with Gasteiger partial charge in [0.15, 0.2) is 11.5 Å². The molecular formula is C30H31NO5. The van der Waals surface area contributed by atoms with Gasteiger partial charge in [-0.05, 0) is 78.3 Å². The minimum Gasteiger partial charge on any atom is -0.454 e. The summed E-state index contributed by atoms with van der Waals surface area (Å²) >= 11 is 0. The standard InChI is InChI=1S/C30H29NO5.H2/c1-19-2-3-20(15-28(33)30(11-12-30)23-8-9-26-27(16-23)36-18-35-26)14-25(19)21-4-6-22(7-5-21)29(34)31-13-10-24(32)17-31;/h2-9,14,16,24,32H,10-13,15,17-18H2,1H3;1H/t24-;/m1./s1. The van der Waals surface area contributed by atoms with Crippen molar-refractivity contribution in [2.75, 3.05) is 19.9 Å². The lowest BCUT2D eigenvalue weighted by Crippen LogP contribution is -2.29. The molecule has 6 heteroatoms. The Labute approximate surface area is 211 Å². The van der Waals surface area contributed by atoms with Crippen molar-refractivity contribution in [3.8, 4) is 22.6 Å². The van der Waals surface area contributed by atoms with Crippen LogP contribution in [0.3, 0.4) is 0 Å². The maximum atomic E-state index is 13.5. The van der Waals surface area contributed by atoms with Gasteiger partial charge in [-0.3, -0.25) is 9.59 Å². The van der Waals surface area contributed by atoms with Crippen LogP contribution in [-0.2, 0) is 16.6 Å². The topological polar surface area (TPSA) is 76.1 Å². The van der Waals surface area contributed by atoms with Gasteiger partial charge in [-0.1, -0.05) is 36.4 Å². The number of β-amino-alcohol motifs (C(OH)–C–C–N with tert-alkyl or cyclic N) is 1. The van der Waals surface area contributed by atoms with E-state index in [2.05, 4.69) is 19.1 Å². The normalized spacial score (nSPS) is 19.4. The summed E-state index contributed by atoms with van der Waals surface area (Å²) in [6.45, 7) is 3.26. The first-order valence-corrected chi connectivity index (χ1v) is 12.5. The summed E-state index contributed by atoms with van der Waals surface area (Å²) in [6, 6.07) is 19.6. The second-order valence-corrected chi connectivity index (χ2v) is 10.2. The van der Waals surface area contributed by atoms with Crippen LogP contribution in [0.4, 0.5) is 0 Å². The third-order valence-electron chi connectivity index (χ3n) is 7.77. The summed E-state index contributed by atoms with van der Waals surface area (Å²) in [7, 11) is 0. The van der Waals surface area contributed by atoms with Crippen molar-refractivity contribution in [3.05, 3.63) is 82.9 Å². The molecule has 3 aromatic rings. The van der Waals surface area contributed by atoms with Gasteiger partial charge in [0.2, 0.25) is 6.79 Å². The number of nitrogens with zero attached hydrogens (tertiary/aromatic N) is 1. The number of fused-ring (bicyclic) bond motifs is 1. The van der Waals surface area contributed by atoms with Crippen molar-refractivity contribution in [3.63, 3.8) is 0 Å². The molecule has 0 aromatic heterocycles. The smallest absolute Gasteiger partial charge is 0.253 e. The Bertz CT molecular complexity index is 1350. The molecule has 1 N–H and O–H groups in total. The van der Waals surface area contributed by atoms with E-state index >= 15 is 0 Å². The van der Waals surface area contributed by atoms with Crippen molar-refractivity contribution in [1.29, 1.82) is 0 Å². The second-order valence-electron chi connectivity index (χ2n) is 10.2. The minimum absolute atomic E-state index is 0. The molecule has 6 nitrogen and oxygen atoms in total. The number of benzene rings is 3. The molecule has 0 unspecified atom stereocenters. The number of ether oxygens (including phenoxy) is 2. The van der Waals surface area contributed by atoms with Crippen LogP contribution in [0, 0.1) is 6.92 Å². The lowest BCUT2D eigenvalue weighted by Gasteiger charge is -2.17. The minimum atomic E-state index is -0.433. The van der Waals surface area contributed by atoms with Crippen LogP contribution in [0.1, 0.15) is 47.7 Å². The summed E-state index contributed by atoms with van der Waals surface area (Å²) in [4.78, 5) is 27.9. The monoisotopic (exact) mass is 485 g/mol. The van der Waals surface area contributed by atoms with Crippen LogP contribution in [0.15, 0.2) is 60.7 Å². The number of Topliss-reactive ketones (excluding diaryl/α,β-unsaturated/α-hetero) is 1. The molecule has 2 fully saturated rings. The number of likely N-dealkylation sites (tertiary alicyclic amines) is 1. The van der Waals surface area contributed by atoms with E-state index in [1.165, 1.54) is 0 Å². The molecule has 2 heterocycles. The van der Waals surface area contributed by atoms with Crippen LogP contribution in [0.5, 0.6) is 11.5 Å². The summed E-state index contributed by atoms with van der Waals surface area (Å²) in [5.74, 6) is 1.63. The van der Waals surface area contributed by atoms with Crippen LogP contribution >= 0.6 is 0 Å². The van der Waals surface area contributed by atoms with E-state index in [0.29, 0.717) is 37.2 Å². The maximum absolute atomic E-state index is 13.5. The van der Waals surface area contributed by atoms with Crippen LogP contribution < -0.4 is 9.47 Å². The molecule has 1 saturated heterocycles. The lowest BCUT2D eigenvalue weighted by molar-refractivity contribution is -0.120. The first-order chi connectivity index (χ1) is 17.4. The number of aryl methyl sites for hydroxylation is 1. The first kappa shape index (κ1) is 22.8. The molecule has 6 rings (SSSR count). The molecule has 1 saturated carbocycles. The Balaban J connectivity index is 0.00000280. The Morgan fingerprint density at radius 1 is 1.03 bits per heavy atom. The maximum Gasteiger partial charge on any atom is 0.253 e. The zero-order chi connectivity index (χ0) is 24.9. The fourth-order valence-electron chi connectivity index (χ4n) is 5.39. The highest BCUT2D eigenvalue weighted by atomic mass is 16.7.